The number of carbonyl (C=O) groups is 1. The minimum atomic E-state index is 0.0325. The summed E-state index contributed by atoms with van der Waals surface area (Å²) in [4.78, 5) is 17.7. The van der Waals surface area contributed by atoms with Gasteiger partial charge in [0.25, 0.3) is 0 Å². The fraction of sp³-hybridized carbons (Fsp3) is 0.481. The number of rotatable bonds is 3. The summed E-state index contributed by atoms with van der Waals surface area (Å²) in [6, 6.07) is 8.69. The molecule has 2 aromatic rings. The molecule has 3 aliphatic heterocycles. The van der Waals surface area contributed by atoms with E-state index in [0.29, 0.717) is 19.0 Å². The quantitative estimate of drug-likeness (QED) is 0.736. The van der Waals surface area contributed by atoms with Gasteiger partial charge in [0, 0.05) is 55.6 Å². The zero-order chi connectivity index (χ0) is 23.2. The first-order valence-electron chi connectivity index (χ1n) is 12.5. The van der Waals surface area contributed by atoms with E-state index in [-0.39, 0.29) is 18.0 Å². The Balaban J connectivity index is 1.17. The van der Waals surface area contributed by atoms with E-state index in [1.165, 1.54) is 28.0 Å². The lowest BCUT2D eigenvalue weighted by Gasteiger charge is -2.31. The van der Waals surface area contributed by atoms with Crippen LogP contribution in [0.3, 0.4) is 0 Å². The number of nitrogens with zero attached hydrogens (tertiary/aromatic N) is 3. The second-order valence-electron chi connectivity index (χ2n) is 10.2. The number of hydrogen-bond donors (Lipinski definition) is 2. The summed E-state index contributed by atoms with van der Waals surface area (Å²) < 4.78 is 5.70. The number of aryl methyl sites for hydroxylation is 1. The third-order valence-electron chi connectivity index (χ3n) is 7.91. The highest BCUT2D eigenvalue weighted by molar-refractivity contribution is 5.75. The smallest absolute Gasteiger partial charge is 0.317 e. The minimum Gasteiger partial charge on any atom is -0.493 e. The summed E-state index contributed by atoms with van der Waals surface area (Å²) in [5.74, 6) is 1.60. The van der Waals surface area contributed by atoms with Crippen LogP contribution in [-0.4, -0.2) is 65.4 Å². The number of likely N-dealkylation sites (tertiary alicyclic amines) is 1. The van der Waals surface area contributed by atoms with Gasteiger partial charge < -0.3 is 19.9 Å². The first kappa shape index (κ1) is 21.5. The SMILES string of the molecule is Cc1ccccc1[C@@H]1CN(C)CC1NC(=O)N1CCc2[nH]nc(C3C=C4CCOC4=CC3)c2C1. The van der Waals surface area contributed by atoms with Crippen molar-refractivity contribution in [3.63, 3.8) is 0 Å². The van der Waals surface area contributed by atoms with Gasteiger partial charge in [0.15, 0.2) is 0 Å². The van der Waals surface area contributed by atoms with Gasteiger partial charge in [-0.05, 0) is 43.2 Å². The average Bonchev–Trinajstić information content (AvgIpc) is 3.56. The first-order chi connectivity index (χ1) is 16.6. The summed E-state index contributed by atoms with van der Waals surface area (Å²) >= 11 is 0. The second kappa shape index (κ2) is 8.62. The van der Waals surface area contributed by atoms with Crippen LogP contribution >= 0.6 is 0 Å². The molecule has 2 saturated heterocycles. The molecule has 4 aliphatic rings. The van der Waals surface area contributed by atoms with Crippen molar-refractivity contribution in [3.8, 4) is 0 Å². The third-order valence-corrected chi connectivity index (χ3v) is 7.91. The summed E-state index contributed by atoms with van der Waals surface area (Å²) in [6.45, 7) is 6.08. The van der Waals surface area contributed by atoms with Gasteiger partial charge in [-0.25, -0.2) is 4.79 Å². The number of carbonyl (C=O) groups excluding carboxylic acids is 1. The number of aromatic amines is 1. The Labute approximate surface area is 200 Å². The number of aromatic nitrogens is 2. The van der Waals surface area contributed by atoms with Crippen LogP contribution in [0.15, 0.2) is 47.7 Å². The van der Waals surface area contributed by atoms with Crippen LogP contribution in [0.1, 0.15) is 52.8 Å². The largest absolute Gasteiger partial charge is 0.493 e. The number of allylic oxidation sites excluding steroid dienone is 3. The average molecular weight is 460 g/mol. The third kappa shape index (κ3) is 3.82. The topological polar surface area (TPSA) is 73.5 Å². The zero-order valence-corrected chi connectivity index (χ0v) is 20.0. The van der Waals surface area contributed by atoms with E-state index < -0.39 is 0 Å². The molecular weight excluding hydrogens is 426 g/mol. The number of urea groups is 1. The molecule has 2 amide bonds. The van der Waals surface area contributed by atoms with Crippen LogP contribution in [-0.2, 0) is 17.7 Å². The number of nitrogens with one attached hydrogen (secondary N) is 2. The van der Waals surface area contributed by atoms with Crippen molar-refractivity contribution in [1.82, 2.24) is 25.3 Å². The molecule has 7 nitrogen and oxygen atoms in total. The van der Waals surface area contributed by atoms with Crippen molar-refractivity contribution in [2.75, 3.05) is 33.3 Å². The number of ether oxygens (including phenoxy) is 1. The van der Waals surface area contributed by atoms with Gasteiger partial charge in [-0.1, -0.05) is 30.3 Å². The normalized spacial score (nSPS) is 26.4. The maximum atomic E-state index is 13.4. The fourth-order valence-corrected chi connectivity index (χ4v) is 6.09. The van der Waals surface area contributed by atoms with Crippen molar-refractivity contribution < 1.29 is 9.53 Å². The molecule has 2 fully saturated rings. The molecule has 2 N–H and O–H groups in total. The number of hydrogen-bond acceptors (Lipinski definition) is 4. The van der Waals surface area contributed by atoms with Crippen LogP contribution in [0.5, 0.6) is 0 Å². The highest BCUT2D eigenvalue weighted by atomic mass is 16.5. The summed E-state index contributed by atoms with van der Waals surface area (Å²) in [5.41, 5.74) is 7.38. The molecule has 1 aliphatic carbocycles. The molecule has 34 heavy (non-hydrogen) atoms. The van der Waals surface area contributed by atoms with E-state index in [9.17, 15) is 4.79 Å². The molecule has 0 saturated carbocycles. The summed E-state index contributed by atoms with van der Waals surface area (Å²) in [5, 5.41) is 11.3. The van der Waals surface area contributed by atoms with Crippen molar-refractivity contribution in [3.05, 3.63) is 75.8 Å². The maximum Gasteiger partial charge on any atom is 0.317 e. The van der Waals surface area contributed by atoms with Crippen LogP contribution < -0.4 is 5.32 Å². The van der Waals surface area contributed by atoms with Crippen molar-refractivity contribution >= 4 is 6.03 Å². The number of benzene rings is 1. The number of amides is 2. The van der Waals surface area contributed by atoms with Crippen molar-refractivity contribution in [1.29, 1.82) is 0 Å². The first-order valence-corrected chi connectivity index (χ1v) is 12.5. The highest BCUT2D eigenvalue weighted by Crippen LogP contribution is 2.37. The Kier molecular flexibility index (Phi) is 5.44. The predicted molar refractivity (Wildman–Crippen MR) is 131 cm³/mol. The van der Waals surface area contributed by atoms with Crippen LogP contribution in [0.2, 0.25) is 0 Å². The molecule has 2 unspecified atom stereocenters. The van der Waals surface area contributed by atoms with Gasteiger partial charge >= 0.3 is 6.03 Å². The molecule has 1 aromatic carbocycles. The van der Waals surface area contributed by atoms with Gasteiger partial charge in [0.1, 0.15) is 5.76 Å². The molecule has 3 atom stereocenters. The molecule has 0 bridgehead atoms. The van der Waals surface area contributed by atoms with Crippen LogP contribution in [0.4, 0.5) is 4.79 Å². The molecule has 7 heteroatoms. The molecule has 6 rings (SSSR count). The maximum absolute atomic E-state index is 13.4. The Hall–Kier alpha value is -3.06. The number of likely N-dealkylation sites (N-methyl/N-ethyl adjacent to an activating group) is 1. The van der Waals surface area contributed by atoms with Crippen molar-refractivity contribution in [2.45, 2.75) is 50.6 Å². The zero-order valence-electron chi connectivity index (χ0n) is 20.0. The predicted octanol–water partition coefficient (Wildman–Crippen LogP) is 3.60. The van der Waals surface area contributed by atoms with E-state index in [0.717, 1.165) is 50.4 Å². The Bertz CT molecular complexity index is 1170. The van der Waals surface area contributed by atoms with E-state index in [4.69, 9.17) is 9.84 Å². The Morgan fingerprint density at radius 3 is 3.00 bits per heavy atom. The lowest BCUT2D eigenvalue weighted by molar-refractivity contribution is 0.187. The molecule has 4 heterocycles. The minimum absolute atomic E-state index is 0.0325. The van der Waals surface area contributed by atoms with E-state index in [2.05, 4.69) is 65.7 Å². The summed E-state index contributed by atoms with van der Waals surface area (Å²) in [6.07, 6.45) is 7.20. The number of H-pyrrole nitrogens is 1. The van der Waals surface area contributed by atoms with Gasteiger partial charge in [-0.15, -0.1) is 0 Å². The van der Waals surface area contributed by atoms with Gasteiger partial charge in [0.2, 0.25) is 0 Å². The molecule has 178 valence electrons. The lowest BCUT2D eigenvalue weighted by atomic mass is 9.88. The standard InChI is InChI=1S/C27H33N5O2/c1-17-5-3-4-6-20(17)21-14-31(2)16-24(21)28-27(33)32-11-9-23-22(15-32)26(30-29-23)19-7-8-25-18(13-19)10-12-34-25/h3-6,8,13,19,21,24H,7,9-12,14-16H2,1-2H3,(H,28,33)(H,29,30)/t19?,21-,24?/m0/s1. The van der Waals surface area contributed by atoms with E-state index in [1.807, 2.05) is 4.90 Å². The van der Waals surface area contributed by atoms with Crippen LogP contribution in [0.25, 0.3) is 0 Å². The molecule has 0 radical (unpaired) electrons. The van der Waals surface area contributed by atoms with E-state index in [1.54, 1.807) is 0 Å². The monoisotopic (exact) mass is 459 g/mol. The van der Waals surface area contributed by atoms with Gasteiger partial charge in [-0.3, -0.25) is 5.10 Å². The van der Waals surface area contributed by atoms with Crippen molar-refractivity contribution in [2.24, 2.45) is 0 Å². The summed E-state index contributed by atoms with van der Waals surface area (Å²) in [7, 11) is 2.14. The second-order valence-corrected chi connectivity index (χ2v) is 10.2. The van der Waals surface area contributed by atoms with Crippen LogP contribution in [0, 0.1) is 6.92 Å². The van der Waals surface area contributed by atoms with E-state index >= 15 is 0 Å². The molecule has 1 aromatic heterocycles. The fourth-order valence-electron chi connectivity index (χ4n) is 6.09. The van der Waals surface area contributed by atoms with Gasteiger partial charge in [-0.2, -0.15) is 5.10 Å². The highest BCUT2D eigenvalue weighted by Gasteiger charge is 2.36. The van der Waals surface area contributed by atoms with Gasteiger partial charge in [0.05, 0.1) is 24.9 Å². The number of fused-ring (bicyclic) bond motifs is 2. The molecule has 0 spiro atoms. The lowest BCUT2D eigenvalue weighted by Crippen LogP contribution is -2.48. The molecular formula is C27H33N5O2. The Morgan fingerprint density at radius 2 is 2.12 bits per heavy atom. The Morgan fingerprint density at radius 1 is 1.24 bits per heavy atom.